The number of nitrogens with zero attached hydrogens (tertiary/aromatic N) is 2. The van der Waals surface area contributed by atoms with E-state index in [1.54, 1.807) is 28.8 Å². The number of methoxy groups -OCH3 is 1. The summed E-state index contributed by atoms with van der Waals surface area (Å²) in [6, 6.07) is 12.8. The Morgan fingerprint density at radius 1 is 1.09 bits per heavy atom. The predicted octanol–water partition coefficient (Wildman–Crippen LogP) is 3.57. The van der Waals surface area contributed by atoms with Crippen LogP contribution in [0.5, 0.6) is 17.2 Å². The molecule has 0 bridgehead atoms. The van der Waals surface area contributed by atoms with Crippen molar-refractivity contribution in [3.63, 3.8) is 0 Å². The third-order valence-corrected chi connectivity index (χ3v) is 6.21. The second-order valence-electron chi connectivity index (χ2n) is 7.88. The van der Waals surface area contributed by atoms with Gasteiger partial charge in [0.05, 0.1) is 23.8 Å². The normalized spacial score (nSPS) is 13.3. The third-order valence-electron chi connectivity index (χ3n) is 6.21. The molecule has 0 fully saturated rings. The van der Waals surface area contributed by atoms with E-state index in [0.29, 0.717) is 46.7 Å². The summed E-state index contributed by atoms with van der Waals surface area (Å²) in [4.78, 5) is 13.4. The van der Waals surface area contributed by atoms with Crippen LogP contribution in [-0.2, 0) is 13.0 Å². The topological polar surface area (TPSA) is 110 Å². The molecule has 2 aliphatic rings. The monoisotopic (exact) mass is 439 g/mol. The van der Waals surface area contributed by atoms with E-state index < -0.39 is 0 Å². The second kappa shape index (κ2) is 7.00. The lowest BCUT2D eigenvalue weighted by molar-refractivity contribution is 0.174. The number of hydrogen-bond acceptors (Lipinski definition) is 7. The second-order valence-corrected chi connectivity index (χ2v) is 7.88. The minimum Gasteiger partial charge on any atom is -0.497 e. The zero-order chi connectivity index (χ0) is 22.7. The minimum atomic E-state index is -0.294. The van der Waals surface area contributed by atoms with Crippen LogP contribution < -0.4 is 25.1 Å². The van der Waals surface area contributed by atoms with Gasteiger partial charge in [-0.05, 0) is 48.4 Å². The van der Waals surface area contributed by atoms with Gasteiger partial charge in [-0.15, -0.1) is 0 Å². The van der Waals surface area contributed by atoms with Gasteiger partial charge in [0.25, 0.3) is 0 Å². The van der Waals surface area contributed by atoms with Gasteiger partial charge in [0.15, 0.2) is 11.5 Å². The Hall–Kier alpha value is -4.51. The summed E-state index contributed by atoms with van der Waals surface area (Å²) < 4.78 is 23.8. The van der Waals surface area contributed by atoms with Crippen LogP contribution in [-0.4, -0.2) is 18.5 Å². The number of ether oxygens (including phenoxy) is 3. The lowest BCUT2D eigenvalue weighted by Crippen LogP contribution is -2.29. The molecule has 6 rings (SSSR count). The summed E-state index contributed by atoms with van der Waals surface area (Å²) in [6.45, 7) is 0.710. The highest BCUT2D eigenvalue weighted by Gasteiger charge is 2.26. The molecule has 0 unspecified atom stereocenters. The SMILES string of the molecule is COc1ccc2occ(-c3cc4n(c(=N)c3C#N)CCc3cc5c(cc3-4)OCO5)c(=O)c2c1. The Labute approximate surface area is 187 Å². The van der Waals surface area contributed by atoms with Crippen LogP contribution in [0.1, 0.15) is 11.1 Å². The van der Waals surface area contributed by atoms with Gasteiger partial charge in [-0.2, -0.15) is 5.26 Å². The van der Waals surface area contributed by atoms with Gasteiger partial charge in [-0.25, -0.2) is 0 Å². The Kier molecular flexibility index (Phi) is 4.07. The van der Waals surface area contributed by atoms with Crippen molar-refractivity contribution in [3.8, 4) is 45.7 Å². The van der Waals surface area contributed by atoms with E-state index in [1.807, 2.05) is 12.1 Å². The molecule has 2 aliphatic heterocycles. The fourth-order valence-electron chi connectivity index (χ4n) is 4.54. The molecule has 0 radical (unpaired) electrons. The fraction of sp³-hybridized carbons (Fsp3) is 0.160. The number of aryl methyl sites for hydroxylation is 1. The fourth-order valence-corrected chi connectivity index (χ4v) is 4.54. The number of hydrogen-bond donors (Lipinski definition) is 1. The molecule has 0 spiro atoms. The highest BCUT2D eigenvalue weighted by molar-refractivity contribution is 5.85. The van der Waals surface area contributed by atoms with Gasteiger partial charge in [0.1, 0.15) is 34.7 Å². The standard InChI is InChI=1S/C25H17N3O5/c1-30-14-2-3-21-17(7-14)24(29)19(11-31-21)16-8-20-15-9-23-22(32-12-33-23)6-13(15)4-5-28(20)25(27)18(16)10-26/h2-3,6-9,11,27H,4-5,12H2,1H3. The number of aromatic nitrogens is 1. The number of rotatable bonds is 2. The number of benzene rings is 2. The zero-order valence-corrected chi connectivity index (χ0v) is 17.6. The van der Waals surface area contributed by atoms with Crippen molar-refractivity contribution in [1.29, 1.82) is 10.7 Å². The van der Waals surface area contributed by atoms with E-state index in [4.69, 9.17) is 24.0 Å². The molecule has 2 aromatic carbocycles. The van der Waals surface area contributed by atoms with Crippen molar-refractivity contribution in [2.75, 3.05) is 13.9 Å². The number of nitriles is 1. The van der Waals surface area contributed by atoms with E-state index in [-0.39, 0.29) is 28.8 Å². The maximum Gasteiger partial charge on any atom is 0.231 e. The molecule has 0 saturated heterocycles. The third kappa shape index (κ3) is 2.76. The molecule has 4 aromatic rings. The Balaban J connectivity index is 1.64. The van der Waals surface area contributed by atoms with Crippen LogP contribution in [0.25, 0.3) is 33.4 Å². The van der Waals surface area contributed by atoms with Gasteiger partial charge in [-0.1, -0.05) is 0 Å². The summed E-state index contributed by atoms with van der Waals surface area (Å²) in [7, 11) is 1.52. The average Bonchev–Trinajstić information content (AvgIpc) is 3.30. The number of nitrogens with one attached hydrogen (secondary N) is 1. The Morgan fingerprint density at radius 3 is 2.70 bits per heavy atom. The van der Waals surface area contributed by atoms with E-state index in [2.05, 4.69) is 6.07 Å². The highest BCUT2D eigenvalue weighted by atomic mass is 16.7. The van der Waals surface area contributed by atoms with E-state index >= 15 is 0 Å². The molecule has 2 aromatic heterocycles. The van der Waals surface area contributed by atoms with E-state index in [9.17, 15) is 10.1 Å². The molecule has 8 heteroatoms. The Bertz CT molecular complexity index is 1640. The maximum absolute atomic E-state index is 13.4. The lowest BCUT2D eigenvalue weighted by Gasteiger charge is -2.24. The van der Waals surface area contributed by atoms with E-state index in [1.165, 1.54) is 13.4 Å². The van der Waals surface area contributed by atoms with Gasteiger partial charge in [-0.3, -0.25) is 10.2 Å². The van der Waals surface area contributed by atoms with E-state index in [0.717, 1.165) is 16.8 Å². The number of pyridine rings is 1. The quantitative estimate of drug-likeness (QED) is 0.511. The zero-order valence-electron chi connectivity index (χ0n) is 17.6. The summed E-state index contributed by atoms with van der Waals surface area (Å²) in [6.07, 6.45) is 2.05. The Morgan fingerprint density at radius 2 is 1.91 bits per heavy atom. The van der Waals surface area contributed by atoms with Crippen molar-refractivity contribution in [2.24, 2.45) is 0 Å². The average molecular weight is 439 g/mol. The summed E-state index contributed by atoms with van der Waals surface area (Å²) in [5.74, 6) is 1.86. The summed E-state index contributed by atoms with van der Waals surface area (Å²) in [5.41, 5.74) is 3.56. The highest BCUT2D eigenvalue weighted by Crippen LogP contribution is 2.41. The summed E-state index contributed by atoms with van der Waals surface area (Å²) >= 11 is 0. The van der Waals surface area contributed by atoms with Gasteiger partial charge < -0.3 is 23.2 Å². The molecule has 0 amide bonds. The molecule has 33 heavy (non-hydrogen) atoms. The van der Waals surface area contributed by atoms with Gasteiger partial charge in [0.2, 0.25) is 12.2 Å². The summed E-state index contributed by atoms with van der Waals surface area (Å²) in [5, 5.41) is 19.0. The smallest absolute Gasteiger partial charge is 0.231 e. The van der Waals surface area contributed by atoms with Crippen LogP contribution in [0.4, 0.5) is 0 Å². The minimum absolute atomic E-state index is 0.0541. The lowest BCUT2D eigenvalue weighted by atomic mass is 9.92. The largest absolute Gasteiger partial charge is 0.497 e. The first-order chi connectivity index (χ1) is 16.1. The maximum atomic E-state index is 13.4. The van der Waals surface area contributed by atoms with Crippen molar-refractivity contribution in [2.45, 2.75) is 13.0 Å². The number of fused-ring (bicyclic) bond motifs is 5. The van der Waals surface area contributed by atoms with Gasteiger partial charge >= 0.3 is 0 Å². The molecule has 4 heterocycles. The molecule has 0 aliphatic carbocycles. The van der Waals surface area contributed by atoms with Crippen LogP contribution >= 0.6 is 0 Å². The van der Waals surface area contributed by atoms with Crippen LogP contribution in [0.2, 0.25) is 0 Å². The first-order valence-electron chi connectivity index (χ1n) is 10.3. The molecule has 1 N–H and O–H groups in total. The first kappa shape index (κ1) is 19.2. The van der Waals surface area contributed by atoms with Crippen molar-refractivity contribution in [1.82, 2.24) is 4.57 Å². The van der Waals surface area contributed by atoms with Crippen molar-refractivity contribution >= 4 is 11.0 Å². The first-order valence-corrected chi connectivity index (χ1v) is 10.3. The van der Waals surface area contributed by atoms with Crippen molar-refractivity contribution < 1.29 is 18.6 Å². The van der Waals surface area contributed by atoms with Crippen LogP contribution in [0, 0.1) is 16.7 Å². The van der Waals surface area contributed by atoms with Gasteiger partial charge in [0, 0.05) is 17.7 Å². The predicted molar refractivity (Wildman–Crippen MR) is 118 cm³/mol. The molecule has 0 saturated carbocycles. The molecular formula is C25H17N3O5. The molecule has 0 atom stereocenters. The molecule has 162 valence electrons. The molecular weight excluding hydrogens is 422 g/mol. The van der Waals surface area contributed by atoms with Crippen LogP contribution in [0.15, 0.2) is 51.9 Å². The van der Waals surface area contributed by atoms with Crippen molar-refractivity contribution in [3.05, 3.63) is 69.5 Å². The van der Waals surface area contributed by atoms with Crippen LogP contribution in [0.3, 0.4) is 0 Å². The molecule has 8 nitrogen and oxygen atoms in total.